The Morgan fingerprint density at radius 1 is 1.39 bits per heavy atom. The van der Waals surface area contributed by atoms with Gasteiger partial charge in [0.05, 0.1) is 0 Å². The second-order valence-corrected chi connectivity index (χ2v) is 6.52. The van der Waals surface area contributed by atoms with Crippen LogP contribution in [0, 0.1) is 0 Å². The van der Waals surface area contributed by atoms with E-state index in [4.69, 9.17) is 4.74 Å². The predicted molar refractivity (Wildman–Crippen MR) is 73.6 cm³/mol. The van der Waals surface area contributed by atoms with Gasteiger partial charge in [0.25, 0.3) is 0 Å². The Kier molecular flexibility index (Phi) is 4.79. The van der Waals surface area contributed by atoms with Crippen LogP contribution >= 0.6 is 0 Å². The zero-order chi connectivity index (χ0) is 13.8. The summed E-state index contributed by atoms with van der Waals surface area (Å²) in [4.78, 5) is 11.7. The van der Waals surface area contributed by atoms with E-state index < -0.39 is 5.60 Å². The molecule has 4 heteroatoms. The van der Waals surface area contributed by atoms with Crippen LogP contribution in [-0.4, -0.2) is 30.3 Å². The van der Waals surface area contributed by atoms with E-state index in [1.165, 1.54) is 5.57 Å². The van der Waals surface area contributed by atoms with Crippen LogP contribution < -0.4 is 10.6 Å². The van der Waals surface area contributed by atoms with E-state index in [2.05, 4.69) is 16.7 Å². The molecule has 0 saturated heterocycles. The van der Waals surface area contributed by atoms with Crippen molar-refractivity contribution < 1.29 is 9.53 Å². The maximum absolute atomic E-state index is 11.7. The fourth-order valence-corrected chi connectivity index (χ4v) is 2.03. The van der Waals surface area contributed by atoms with E-state index in [1.54, 1.807) is 0 Å². The highest BCUT2D eigenvalue weighted by Crippen LogP contribution is 2.18. The highest BCUT2D eigenvalue weighted by atomic mass is 16.6. The zero-order valence-corrected chi connectivity index (χ0v) is 12.2. The molecule has 0 bridgehead atoms. The fraction of sp³-hybridized carbons (Fsp3) is 0.786. The van der Waals surface area contributed by atoms with Crippen molar-refractivity contribution in [2.45, 2.75) is 58.6 Å². The summed E-state index contributed by atoms with van der Waals surface area (Å²) >= 11 is 0. The first-order valence-electron chi connectivity index (χ1n) is 6.58. The second-order valence-electron chi connectivity index (χ2n) is 6.52. The number of carbonyl (C=O) groups is 1. The van der Waals surface area contributed by atoms with Gasteiger partial charge >= 0.3 is 6.09 Å². The maximum atomic E-state index is 11.7. The molecule has 0 aromatic rings. The third kappa shape index (κ3) is 6.05. The minimum absolute atomic E-state index is 0.285. The van der Waals surface area contributed by atoms with E-state index in [-0.39, 0.29) is 11.6 Å². The van der Waals surface area contributed by atoms with Gasteiger partial charge < -0.3 is 15.4 Å². The molecule has 0 unspecified atom stereocenters. The third-order valence-electron chi connectivity index (χ3n) is 2.61. The van der Waals surface area contributed by atoms with Crippen molar-refractivity contribution in [1.82, 2.24) is 10.6 Å². The number of carbonyl (C=O) groups excluding carboxylic acids is 1. The quantitative estimate of drug-likeness (QED) is 0.761. The van der Waals surface area contributed by atoms with E-state index in [0.29, 0.717) is 0 Å². The van der Waals surface area contributed by atoms with Crippen molar-refractivity contribution in [3.05, 3.63) is 11.6 Å². The molecule has 0 aromatic carbocycles. The van der Waals surface area contributed by atoms with Gasteiger partial charge in [-0.2, -0.15) is 0 Å². The topological polar surface area (TPSA) is 50.4 Å². The molecule has 1 aliphatic rings. The van der Waals surface area contributed by atoms with Crippen LogP contribution in [0.1, 0.15) is 47.5 Å². The molecule has 0 atom stereocenters. The van der Waals surface area contributed by atoms with Gasteiger partial charge in [-0.1, -0.05) is 11.6 Å². The Bertz CT molecular complexity index is 327. The first kappa shape index (κ1) is 15.0. The van der Waals surface area contributed by atoms with Gasteiger partial charge in [0.1, 0.15) is 5.60 Å². The minimum atomic E-state index is -0.453. The molecule has 4 nitrogen and oxygen atoms in total. The van der Waals surface area contributed by atoms with Crippen molar-refractivity contribution in [2.24, 2.45) is 0 Å². The maximum Gasteiger partial charge on any atom is 0.408 e. The number of alkyl carbamates (subject to hydrolysis) is 1. The van der Waals surface area contributed by atoms with Gasteiger partial charge in [-0.25, -0.2) is 4.79 Å². The van der Waals surface area contributed by atoms with Crippen molar-refractivity contribution in [3.63, 3.8) is 0 Å². The number of hydrogen-bond donors (Lipinski definition) is 2. The number of rotatable bonds is 3. The largest absolute Gasteiger partial charge is 0.444 e. The van der Waals surface area contributed by atoms with Gasteiger partial charge in [0.15, 0.2) is 0 Å². The molecule has 2 N–H and O–H groups in total. The van der Waals surface area contributed by atoms with Gasteiger partial charge in [0.2, 0.25) is 0 Å². The van der Waals surface area contributed by atoms with Crippen LogP contribution in [0.3, 0.4) is 0 Å². The van der Waals surface area contributed by atoms with Crippen LogP contribution in [0.15, 0.2) is 11.6 Å². The molecule has 0 saturated carbocycles. The molecular formula is C14H26N2O2. The first-order valence-corrected chi connectivity index (χ1v) is 6.58. The fourth-order valence-electron chi connectivity index (χ4n) is 2.03. The van der Waals surface area contributed by atoms with Crippen LogP contribution in [0.25, 0.3) is 0 Å². The number of hydrogen-bond acceptors (Lipinski definition) is 3. The lowest BCUT2D eigenvalue weighted by Gasteiger charge is -2.30. The Morgan fingerprint density at radius 2 is 2.06 bits per heavy atom. The molecule has 1 rings (SSSR count). The zero-order valence-electron chi connectivity index (χ0n) is 12.2. The van der Waals surface area contributed by atoms with Crippen molar-refractivity contribution in [2.75, 3.05) is 13.1 Å². The molecule has 1 heterocycles. The molecule has 0 fully saturated rings. The summed E-state index contributed by atoms with van der Waals surface area (Å²) in [6.45, 7) is 11.6. The lowest BCUT2D eigenvalue weighted by molar-refractivity contribution is 0.0472. The average Bonchev–Trinajstić information content (AvgIpc) is 2.13. The standard InChI is InChI=1S/C14H26N2O2/c1-13(2,3)18-12(17)16-14(4,5)9-11-7-6-8-15-10-11/h7,15H,6,8-10H2,1-5H3,(H,16,17). The molecule has 0 aliphatic carbocycles. The number of nitrogens with one attached hydrogen (secondary N) is 2. The number of amides is 1. The van der Waals surface area contributed by atoms with E-state index in [0.717, 1.165) is 25.9 Å². The van der Waals surface area contributed by atoms with Gasteiger partial charge in [-0.05, 0) is 54.0 Å². The number of ether oxygens (including phenoxy) is 1. The smallest absolute Gasteiger partial charge is 0.408 e. The Morgan fingerprint density at radius 3 is 2.56 bits per heavy atom. The molecule has 0 spiro atoms. The van der Waals surface area contributed by atoms with E-state index in [9.17, 15) is 4.79 Å². The summed E-state index contributed by atoms with van der Waals surface area (Å²) in [5, 5.41) is 6.27. The van der Waals surface area contributed by atoms with Gasteiger partial charge in [-0.3, -0.25) is 0 Å². The Hall–Kier alpha value is -1.03. The first-order chi connectivity index (χ1) is 8.18. The van der Waals surface area contributed by atoms with Crippen LogP contribution in [-0.2, 0) is 4.74 Å². The van der Waals surface area contributed by atoms with Crippen LogP contribution in [0.4, 0.5) is 4.79 Å². The lowest BCUT2D eigenvalue weighted by atomic mass is 9.93. The van der Waals surface area contributed by atoms with Gasteiger partial charge in [0, 0.05) is 12.1 Å². The average molecular weight is 254 g/mol. The monoisotopic (exact) mass is 254 g/mol. The highest BCUT2D eigenvalue weighted by molar-refractivity contribution is 5.68. The Balaban J connectivity index is 2.48. The SMILES string of the molecule is CC(C)(CC1=CCCNC1)NC(=O)OC(C)(C)C. The summed E-state index contributed by atoms with van der Waals surface area (Å²) in [5.41, 5.74) is 0.612. The second kappa shape index (κ2) is 5.74. The van der Waals surface area contributed by atoms with E-state index >= 15 is 0 Å². The summed E-state index contributed by atoms with van der Waals surface area (Å²) in [7, 11) is 0. The highest BCUT2D eigenvalue weighted by Gasteiger charge is 2.25. The van der Waals surface area contributed by atoms with Crippen LogP contribution in [0.5, 0.6) is 0 Å². The van der Waals surface area contributed by atoms with Crippen molar-refractivity contribution >= 4 is 6.09 Å². The van der Waals surface area contributed by atoms with Gasteiger partial charge in [-0.15, -0.1) is 0 Å². The summed E-state index contributed by atoms with van der Waals surface area (Å²) in [6.07, 6.45) is 3.82. The van der Waals surface area contributed by atoms with E-state index in [1.807, 2.05) is 34.6 Å². The third-order valence-corrected chi connectivity index (χ3v) is 2.61. The molecular weight excluding hydrogens is 228 g/mol. The summed E-state index contributed by atoms with van der Waals surface area (Å²) < 4.78 is 5.28. The Labute approximate surface area is 110 Å². The summed E-state index contributed by atoms with van der Waals surface area (Å²) in [6, 6.07) is 0. The van der Waals surface area contributed by atoms with Crippen molar-refractivity contribution in [1.29, 1.82) is 0 Å². The van der Waals surface area contributed by atoms with Crippen LogP contribution in [0.2, 0.25) is 0 Å². The molecule has 0 radical (unpaired) electrons. The minimum Gasteiger partial charge on any atom is -0.444 e. The predicted octanol–water partition coefficient (Wildman–Crippen LogP) is 2.60. The van der Waals surface area contributed by atoms with Crippen molar-refractivity contribution in [3.8, 4) is 0 Å². The molecule has 1 amide bonds. The lowest BCUT2D eigenvalue weighted by Crippen LogP contribution is -2.46. The molecule has 0 aromatic heterocycles. The molecule has 18 heavy (non-hydrogen) atoms. The normalized spacial score (nSPS) is 17.1. The summed E-state index contributed by atoms with van der Waals surface area (Å²) in [5.74, 6) is 0. The molecule has 1 aliphatic heterocycles. The molecule has 104 valence electrons.